The molecule has 0 bridgehead atoms. The van der Waals surface area contributed by atoms with Crippen LogP contribution in [0, 0.1) is 0 Å². The molecule has 3 aromatic carbocycles. The fourth-order valence-electron chi connectivity index (χ4n) is 2.35. The van der Waals surface area contributed by atoms with Gasteiger partial charge in [0.05, 0.1) is 0 Å². The van der Waals surface area contributed by atoms with E-state index < -0.39 is 0 Å². The first-order valence-electron chi connectivity index (χ1n) is 6.85. The summed E-state index contributed by atoms with van der Waals surface area (Å²) in [5.74, 6) is 0.350. The van der Waals surface area contributed by atoms with Gasteiger partial charge in [0.25, 0.3) is 0 Å². The number of phenols is 1. The normalized spacial score (nSPS) is 11.3. The first-order chi connectivity index (χ1) is 10.2. The van der Waals surface area contributed by atoms with Crippen LogP contribution >= 0.6 is 15.9 Å². The molecule has 0 saturated carbocycles. The van der Waals surface area contributed by atoms with Crippen LogP contribution < -0.4 is 0 Å². The lowest BCUT2D eigenvalue weighted by Crippen LogP contribution is -1.84. The molecule has 0 aliphatic heterocycles. The zero-order chi connectivity index (χ0) is 14.7. The summed E-state index contributed by atoms with van der Waals surface area (Å²) >= 11 is 3.48. The molecule has 21 heavy (non-hydrogen) atoms. The van der Waals surface area contributed by atoms with E-state index in [1.807, 2.05) is 42.5 Å². The van der Waals surface area contributed by atoms with Crippen molar-refractivity contribution in [2.24, 2.45) is 0 Å². The number of halogens is 1. The SMILES string of the molecule is Oc1cc2ccc(Br)cc2cc1C/C=C/c1ccccc1. The van der Waals surface area contributed by atoms with Crippen LogP contribution in [0.25, 0.3) is 16.8 Å². The van der Waals surface area contributed by atoms with Crippen molar-refractivity contribution >= 4 is 32.8 Å². The van der Waals surface area contributed by atoms with Crippen LogP contribution in [0.4, 0.5) is 0 Å². The highest BCUT2D eigenvalue weighted by Gasteiger charge is 2.03. The number of phenolic OH excluding ortho intramolecular Hbond substituents is 1. The lowest BCUT2D eigenvalue weighted by Gasteiger charge is -2.05. The summed E-state index contributed by atoms with van der Waals surface area (Å²) in [6.45, 7) is 0. The van der Waals surface area contributed by atoms with Crippen molar-refractivity contribution in [3.63, 3.8) is 0 Å². The van der Waals surface area contributed by atoms with Gasteiger partial charge in [-0.05, 0) is 52.6 Å². The van der Waals surface area contributed by atoms with Crippen LogP contribution in [0.15, 0.2) is 71.2 Å². The maximum absolute atomic E-state index is 10.1. The van der Waals surface area contributed by atoms with Crippen molar-refractivity contribution in [3.05, 3.63) is 82.3 Å². The Hall–Kier alpha value is -2.06. The van der Waals surface area contributed by atoms with E-state index in [2.05, 4.69) is 46.3 Å². The third kappa shape index (κ3) is 3.34. The topological polar surface area (TPSA) is 20.2 Å². The van der Waals surface area contributed by atoms with E-state index in [9.17, 15) is 5.11 Å². The Bertz CT molecular complexity index is 791. The molecule has 1 N–H and O–H groups in total. The number of aromatic hydroxyl groups is 1. The minimum absolute atomic E-state index is 0.350. The van der Waals surface area contributed by atoms with Gasteiger partial charge in [0.2, 0.25) is 0 Å². The van der Waals surface area contributed by atoms with Crippen LogP contribution in [0.2, 0.25) is 0 Å². The molecule has 0 amide bonds. The number of benzene rings is 3. The molecule has 3 aromatic rings. The molecule has 2 heteroatoms. The third-order valence-electron chi connectivity index (χ3n) is 3.45. The van der Waals surface area contributed by atoms with Gasteiger partial charge in [-0.25, -0.2) is 0 Å². The number of rotatable bonds is 3. The van der Waals surface area contributed by atoms with Gasteiger partial charge in [-0.1, -0.05) is 64.5 Å². The fourth-order valence-corrected chi connectivity index (χ4v) is 2.73. The van der Waals surface area contributed by atoms with Crippen molar-refractivity contribution in [2.45, 2.75) is 6.42 Å². The molecule has 1 nitrogen and oxygen atoms in total. The van der Waals surface area contributed by atoms with Gasteiger partial charge in [0, 0.05) is 4.47 Å². The average molecular weight is 339 g/mol. The molecular formula is C19H15BrO. The Morgan fingerprint density at radius 1 is 0.905 bits per heavy atom. The first kappa shape index (κ1) is 13.9. The molecule has 0 aliphatic rings. The van der Waals surface area contributed by atoms with Crippen molar-refractivity contribution < 1.29 is 5.11 Å². The lowest BCUT2D eigenvalue weighted by atomic mass is 10.0. The Kier molecular flexibility index (Phi) is 4.07. The largest absolute Gasteiger partial charge is 0.508 e. The number of allylic oxidation sites excluding steroid dienone is 1. The predicted octanol–water partition coefficient (Wildman–Crippen LogP) is 5.56. The zero-order valence-corrected chi connectivity index (χ0v) is 13.0. The van der Waals surface area contributed by atoms with Crippen LogP contribution in [-0.4, -0.2) is 5.11 Å². The summed E-state index contributed by atoms with van der Waals surface area (Å²) in [5.41, 5.74) is 2.10. The van der Waals surface area contributed by atoms with Gasteiger partial charge in [-0.15, -0.1) is 0 Å². The van der Waals surface area contributed by atoms with Gasteiger partial charge < -0.3 is 5.11 Å². The van der Waals surface area contributed by atoms with E-state index in [0.29, 0.717) is 12.2 Å². The van der Waals surface area contributed by atoms with E-state index in [1.165, 1.54) is 5.56 Å². The molecule has 0 fully saturated rings. The smallest absolute Gasteiger partial charge is 0.119 e. The second-order valence-electron chi connectivity index (χ2n) is 4.99. The highest BCUT2D eigenvalue weighted by molar-refractivity contribution is 9.10. The van der Waals surface area contributed by atoms with Gasteiger partial charge in [0.1, 0.15) is 5.75 Å². The van der Waals surface area contributed by atoms with Crippen molar-refractivity contribution in [3.8, 4) is 5.75 Å². The average Bonchev–Trinajstić information content (AvgIpc) is 2.49. The monoisotopic (exact) mass is 338 g/mol. The number of hydrogen-bond acceptors (Lipinski definition) is 1. The molecule has 0 aliphatic carbocycles. The molecule has 0 aromatic heterocycles. The van der Waals surface area contributed by atoms with Crippen molar-refractivity contribution in [1.29, 1.82) is 0 Å². The summed E-state index contributed by atoms with van der Waals surface area (Å²) < 4.78 is 1.05. The summed E-state index contributed by atoms with van der Waals surface area (Å²) in [6, 6.07) is 20.1. The maximum atomic E-state index is 10.1. The summed E-state index contributed by atoms with van der Waals surface area (Å²) in [7, 11) is 0. The predicted molar refractivity (Wildman–Crippen MR) is 92.5 cm³/mol. The van der Waals surface area contributed by atoms with Crippen LogP contribution in [0.3, 0.4) is 0 Å². The van der Waals surface area contributed by atoms with Crippen LogP contribution in [0.1, 0.15) is 11.1 Å². The highest BCUT2D eigenvalue weighted by Crippen LogP contribution is 2.28. The van der Waals surface area contributed by atoms with Gasteiger partial charge in [-0.3, -0.25) is 0 Å². The summed E-state index contributed by atoms with van der Waals surface area (Å²) in [6.07, 6.45) is 4.86. The molecule has 0 heterocycles. The van der Waals surface area contributed by atoms with Gasteiger partial charge >= 0.3 is 0 Å². The molecule has 0 radical (unpaired) electrons. The van der Waals surface area contributed by atoms with Gasteiger partial charge in [0.15, 0.2) is 0 Å². The third-order valence-corrected chi connectivity index (χ3v) is 3.94. The van der Waals surface area contributed by atoms with E-state index >= 15 is 0 Å². The zero-order valence-electron chi connectivity index (χ0n) is 11.5. The molecule has 104 valence electrons. The number of fused-ring (bicyclic) bond motifs is 1. The van der Waals surface area contributed by atoms with Gasteiger partial charge in [-0.2, -0.15) is 0 Å². The van der Waals surface area contributed by atoms with Crippen LogP contribution in [-0.2, 0) is 6.42 Å². The standard InChI is InChI=1S/C19H15BrO/c20-18-10-9-15-13-19(21)16(11-17(15)12-18)8-4-7-14-5-2-1-3-6-14/h1-7,9-13,21H,8H2/b7-4+. The minimum Gasteiger partial charge on any atom is -0.508 e. The summed E-state index contributed by atoms with van der Waals surface area (Å²) in [4.78, 5) is 0. The fraction of sp³-hybridized carbons (Fsp3) is 0.0526. The minimum atomic E-state index is 0.350. The lowest BCUT2D eigenvalue weighted by molar-refractivity contribution is 0.470. The summed E-state index contributed by atoms with van der Waals surface area (Å²) in [5, 5.41) is 12.3. The molecule has 0 spiro atoms. The second kappa shape index (κ2) is 6.15. The first-order valence-corrected chi connectivity index (χ1v) is 7.64. The Balaban J connectivity index is 1.86. The molecule has 3 rings (SSSR count). The second-order valence-corrected chi connectivity index (χ2v) is 5.91. The highest BCUT2D eigenvalue weighted by atomic mass is 79.9. The van der Waals surface area contributed by atoms with Crippen molar-refractivity contribution in [2.75, 3.05) is 0 Å². The van der Waals surface area contributed by atoms with E-state index in [4.69, 9.17) is 0 Å². The molecule has 0 saturated heterocycles. The Labute approximate surface area is 132 Å². The Morgan fingerprint density at radius 3 is 2.52 bits per heavy atom. The Morgan fingerprint density at radius 2 is 1.71 bits per heavy atom. The van der Waals surface area contributed by atoms with E-state index in [1.54, 1.807) is 0 Å². The quantitative estimate of drug-likeness (QED) is 0.662. The van der Waals surface area contributed by atoms with E-state index in [-0.39, 0.29) is 0 Å². The molecule has 0 unspecified atom stereocenters. The molecule has 0 atom stereocenters. The van der Waals surface area contributed by atoms with E-state index in [0.717, 1.165) is 20.8 Å². The maximum Gasteiger partial charge on any atom is 0.119 e. The van der Waals surface area contributed by atoms with Crippen LogP contribution in [0.5, 0.6) is 5.75 Å². The molecular weight excluding hydrogens is 324 g/mol. The van der Waals surface area contributed by atoms with Crippen molar-refractivity contribution in [1.82, 2.24) is 0 Å². The number of hydrogen-bond donors (Lipinski definition) is 1.